The summed E-state index contributed by atoms with van der Waals surface area (Å²) in [6.45, 7) is 3.05. The summed E-state index contributed by atoms with van der Waals surface area (Å²) in [5, 5.41) is 6.86. The van der Waals surface area contributed by atoms with Gasteiger partial charge in [-0.15, -0.1) is 11.3 Å². The highest BCUT2D eigenvalue weighted by atomic mass is 32.1. The van der Waals surface area contributed by atoms with Crippen molar-refractivity contribution in [2.45, 2.75) is 44.7 Å². The van der Waals surface area contributed by atoms with Gasteiger partial charge in [0, 0.05) is 42.7 Å². The van der Waals surface area contributed by atoms with Gasteiger partial charge in [-0.1, -0.05) is 0 Å². The number of nitrogens with one attached hydrogen (secondary N) is 1. The molecule has 1 fully saturated rings. The van der Waals surface area contributed by atoms with E-state index in [-0.39, 0.29) is 0 Å². The van der Waals surface area contributed by atoms with E-state index in [0.29, 0.717) is 6.04 Å². The molecule has 0 atom stereocenters. The molecule has 0 unspecified atom stereocenters. The molecule has 2 aromatic rings. The normalized spacial score (nSPS) is 19.3. The lowest BCUT2D eigenvalue weighted by molar-refractivity contribution is 0.278. The molecule has 22 heavy (non-hydrogen) atoms. The number of aromatic nitrogens is 3. The molecule has 1 N–H and O–H groups in total. The Morgan fingerprint density at radius 1 is 1.18 bits per heavy atom. The van der Waals surface area contributed by atoms with Crippen molar-refractivity contribution in [3.8, 4) is 0 Å². The lowest BCUT2D eigenvalue weighted by Gasteiger charge is -2.28. The topological polar surface area (TPSA) is 53.9 Å². The van der Waals surface area contributed by atoms with Crippen molar-refractivity contribution < 1.29 is 0 Å². The first-order chi connectivity index (χ1) is 10.9. The summed E-state index contributed by atoms with van der Waals surface area (Å²) >= 11 is 1.74. The number of fused-ring (bicyclic) bond motifs is 1. The second kappa shape index (κ2) is 6.30. The van der Waals surface area contributed by atoms with E-state index in [0.717, 1.165) is 38.3 Å². The van der Waals surface area contributed by atoms with Crippen molar-refractivity contribution in [1.29, 1.82) is 0 Å². The van der Waals surface area contributed by atoms with Gasteiger partial charge in [-0.2, -0.15) is 0 Å². The minimum atomic E-state index is 0.619. The van der Waals surface area contributed by atoms with E-state index < -0.39 is 0 Å². The molecular weight excluding hydrogens is 294 g/mol. The molecule has 0 spiro atoms. The van der Waals surface area contributed by atoms with Crippen molar-refractivity contribution >= 4 is 17.2 Å². The fourth-order valence-electron chi connectivity index (χ4n) is 3.12. The van der Waals surface area contributed by atoms with Gasteiger partial charge in [0.05, 0.1) is 12.2 Å². The van der Waals surface area contributed by atoms with Crippen LogP contribution in [0.25, 0.3) is 0 Å². The van der Waals surface area contributed by atoms with Crippen molar-refractivity contribution in [3.05, 3.63) is 34.2 Å². The van der Waals surface area contributed by atoms with Gasteiger partial charge in [0.15, 0.2) is 0 Å². The Morgan fingerprint density at radius 2 is 2.09 bits per heavy atom. The molecule has 1 aliphatic carbocycles. The van der Waals surface area contributed by atoms with Crippen LogP contribution in [0, 0.1) is 0 Å². The molecule has 0 bridgehead atoms. The van der Waals surface area contributed by atoms with Crippen molar-refractivity contribution in [2.75, 3.05) is 18.4 Å². The van der Waals surface area contributed by atoms with Gasteiger partial charge in [-0.3, -0.25) is 4.90 Å². The van der Waals surface area contributed by atoms with E-state index in [9.17, 15) is 0 Å². The van der Waals surface area contributed by atoms with Crippen LogP contribution in [-0.2, 0) is 19.4 Å². The number of thiazole rings is 1. The Balaban J connectivity index is 1.47. The summed E-state index contributed by atoms with van der Waals surface area (Å²) < 4.78 is 0. The van der Waals surface area contributed by atoms with Crippen LogP contribution in [0.1, 0.15) is 35.5 Å². The molecule has 0 amide bonds. The third kappa shape index (κ3) is 2.98. The highest BCUT2D eigenvalue weighted by Gasteiger charge is 2.22. The largest absolute Gasteiger partial charge is 0.367 e. The zero-order valence-corrected chi connectivity index (χ0v) is 13.5. The van der Waals surface area contributed by atoms with Crippen LogP contribution in [-0.4, -0.2) is 39.0 Å². The Labute approximate surface area is 134 Å². The Morgan fingerprint density at radius 3 is 2.86 bits per heavy atom. The number of hydrogen-bond donors (Lipinski definition) is 1. The Bertz CT molecular complexity index is 623. The zero-order chi connectivity index (χ0) is 14.8. The molecule has 1 aliphatic heterocycles. The molecule has 1 saturated carbocycles. The minimum Gasteiger partial charge on any atom is -0.367 e. The highest BCUT2D eigenvalue weighted by Crippen LogP contribution is 2.26. The van der Waals surface area contributed by atoms with Crippen LogP contribution in [0.4, 0.5) is 5.82 Å². The monoisotopic (exact) mass is 315 g/mol. The molecule has 4 rings (SSSR count). The second-order valence-corrected chi connectivity index (χ2v) is 7.10. The number of nitrogens with zero attached hydrogens (tertiary/aromatic N) is 4. The predicted molar refractivity (Wildman–Crippen MR) is 88.1 cm³/mol. The maximum atomic E-state index is 4.53. The molecule has 0 aromatic carbocycles. The summed E-state index contributed by atoms with van der Waals surface area (Å²) in [6.07, 6.45) is 9.52. The van der Waals surface area contributed by atoms with E-state index in [4.69, 9.17) is 0 Å². The van der Waals surface area contributed by atoms with E-state index in [1.807, 2.05) is 11.6 Å². The summed E-state index contributed by atoms with van der Waals surface area (Å²) in [6, 6.07) is 0.619. The smallest absolute Gasteiger partial charge is 0.133 e. The zero-order valence-electron chi connectivity index (χ0n) is 12.7. The average Bonchev–Trinajstić information content (AvgIpc) is 2.90. The molecule has 116 valence electrons. The summed E-state index contributed by atoms with van der Waals surface area (Å²) in [5.41, 5.74) is 2.55. The number of rotatable bonds is 4. The predicted octanol–water partition coefficient (Wildman–Crippen LogP) is 2.50. The van der Waals surface area contributed by atoms with Gasteiger partial charge in [0.1, 0.15) is 17.2 Å². The van der Waals surface area contributed by atoms with Crippen LogP contribution in [0.3, 0.4) is 0 Å². The van der Waals surface area contributed by atoms with E-state index in [2.05, 4.69) is 25.2 Å². The van der Waals surface area contributed by atoms with Crippen molar-refractivity contribution in [1.82, 2.24) is 19.9 Å². The first-order valence-corrected chi connectivity index (χ1v) is 8.96. The van der Waals surface area contributed by atoms with Crippen LogP contribution in [0.5, 0.6) is 0 Å². The highest BCUT2D eigenvalue weighted by molar-refractivity contribution is 7.09. The average molecular weight is 315 g/mol. The number of hydrogen-bond acceptors (Lipinski definition) is 6. The van der Waals surface area contributed by atoms with E-state index in [1.54, 1.807) is 17.7 Å². The van der Waals surface area contributed by atoms with Gasteiger partial charge in [-0.25, -0.2) is 15.0 Å². The Kier molecular flexibility index (Phi) is 4.03. The van der Waals surface area contributed by atoms with Crippen LogP contribution < -0.4 is 5.32 Å². The molecular formula is C16H21N5S. The Hall–Kier alpha value is -1.53. The fourth-order valence-corrected chi connectivity index (χ4v) is 3.78. The quantitative estimate of drug-likeness (QED) is 0.939. The van der Waals surface area contributed by atoms with Crippen molar-refractivity contribution in [2.24, 2.45) is 0 Å². The van der Waals surface area contributed by atoms with E-state index >= 15 is 0 Å². The molecule has 6 heteroatoms. The maximum Gasteiger partial charge on any atom is 0.133 e. The van der Waals surface area contributed by atoms with Gasteiger partial charge >= 0.3 is 0 Å². The summed E-state index contributed by atoms with van der Waals surface area (Å²) in [4.78, 5) is 15.9. The molecule has 2 aliphatic rings. The van der Waals surface area contributed by atoms with Gasteiger partial charge in [-0.05, 0) is 25.7 Å². The lowest BCUT2D eigenvalue weighted by Crippen LogP contribution is -2.28. The summed E-state index contributed by atoms with van der Waals surface area (Å²) in [7, 11) is 0. The maximum absolute atomic E-state index is 4.53. The minimum absolute atomic E-state index is 0.619. The molecule has 0 radical (unpaired) electrons. The van der Waals surface area contributed by atoms with Crippen LogP contribution in [0.2, 0.25) is 0 Å². The first kappa shape index (κ1) is 14.1. The third-order valence-electron chi connectivity index (χ3n) is 4.67. The van der Waals surface area contributed by atoms with Crippen LogP contribution >= 0.6 is 11.3 Å². The molecule has 2 aromatic heterocycles. The molecule has 3 heterocycles. The first-order valence-electron chi connectivity index (χ1n) is 8.08. The second-order valence-electron chi connectivity index (χ2n) is 6.12. The number of anilines is 1. The third-order valence-corrected chi connectivity index (χ3v) is 5.43. The fraction of sp³-hybridized carbons (Fsp3) is 0.562. The van der Waals surface area contributed by atoms with Gasteiger partial charge in [0.25, 0.3) is 0 Å². The lowest BCUT2D eigenvalue weighted by atomic mass is 9.93. The molecule has 5 nitrogen and oxygen atoms in total. The van der Waals surface area contributed by atoms with Crippen LogP contribution in [0.15, 0.2) is 17.9 Å². The van der Waals surface area contributed by atoms with E-state index in [1.165, 1.54) is 35.5 Å². The summed E-state index contributed by atoms with van der Waals surface area (Å²) in [5.74, 6) is 1.07. The van der Waals surface area contributed by atoms with Crippen molar-refractivity contribution in [3.63, 3.8) is 0 Å². The SMILES string of the molecule is c1csc(CN2CCc3ncnc(NC4CCC4)c3CC2)n1. The molecule has 0 saturated heterocycles. The van der Waals surface area contributed by atoms with Gasteiger partial charge in [0.2, 0.25) is 0 Å². The standard InChI is InChI=1S/C16H21N5S/c1-2-12(3-1)20-16-13-4-7-21(10-15-17-6-9-22-15)8-5-14(13)18-11-19-16/h6,9,11-12H,1-5,7-8,10H2,(H,18,19,20). The van der Waals surface area contributed by atoms with Gasteiger partial charge < -0.3 is 5.32 Å².